The molecule has 0 spiro atoms. The van der Waals surface area contributed by atoms with E-state index in [2.05, 4.69) is 56.0 Å². The molecule has 0 saturated carbocycles. The average Bonchev–Trinajstić information content (AvgIpc) is 2.45. The molecule has 1 aromatic rings. The van der Waals surface area contributed by atoms with Crippen molar-refractivity contribution < 1.29 is 0 Å². The highest BCUT2D eigenvalue weighted by molar-refractivity contribution is 7.99. The van der Waals surface area contributed by atoms with Gasteiger partial charge < -0.3 is 5.32 Å². The summed E-state index contributed by atoms with van der Waals surface area (Å²) in [6.45, 7) is 7.83. The summed E-state index contributed by atoms with van der Waals surface area (Å²) in [4.78, 5) is 0. The molecule has 20 heavy (non-hydrogen) atoms. The molecule has 1 unspecified atom stereocenters. The standard InChI is InChI=1S/C18H29NS/c1-4-9-19-18(13-16-7-10-20-11-8-16)17-6-5-14(2)12-15(17)3/h5-6,12,16,18-19H,4,7-11,13H2,1-3H3. The van der Waals surface area contributed by atoms with Crippen LogP contribution in [-0.2, 0) is 0 Å². The first-order valence-corrected chi connectivity index (χ1v) is 9.24. The average molecular weight is 292 g/mol. The van der Waals surface area contributed by atoms with Crippen molar-refractivity contribution >= 4 is 11.8 Å². The van der Waals surface area contributed by atoms with Crippen LogP contribution in [-0.4, -0.2) is 18.1 Å². The van der Waals surface area contributed by atoms with E-state index < -0.39 is 0 Å². The van der Waals surface area contributed by atoms with Gasteiger partial charge in [-0.2, -0.15) is 11.8 Å². The molecule has 0 aromatic heterocycles. The van der Waals surface area contributed by atoms with Gasteiger partial charge in [-0.15, -0.1) is 0 Å². The minimum Gasteiger partial charge on any atom is -0.310 e. The van der Waals surface area contributed by atoms with E-state index in [1.54, 1.807) is 0 Å². The molecule has 0 radical (unpaired) electrons. The van der Waals surface area contributed by atoms with Gasteiger partial charge in [0.2, 0.25) is 0 Å². The third kappa shape index (κ3) is 4.53. The maximum atomic E-state index is 3.79. The van der Waals surface area contributed by atoms with Crippen LogP contribution in [0.1, 0.15) is 55.3 Å². The number of hydrogen-bond acceptors (Lipinski definition) is 2. The molecule has 0 amide bonds. The van der Waals surface area contributed by atoms with Crippen molar-refractivity contribution in [2.24, 2.45) is 5.92 Å². The van der Waals surface area contributed by atoms with Gasteiger partial charge in [0, 0.05) is 6.04 Å². The molecule has 1 atom stereocenters. The Hall–Kier alpha value is -0.470. The van der Waals surface area contributed by atoms with E-state index in [1.807, 2.05) is 0 Å². The van der Waals surface area contributed by atoms with Crippen LogP contribution in [0.15, 0.2) is 18.2 Å². The second-order valence-corrected chi connectivity index (χ2v) is 7.38. The molecule has 1 aliphatic heterocycles. The normalized spacial score (nSPS) is 18.1. The van der Waals surface area contributed by atoms with Gasteiger partial charge in [-0.3, -0.25) is 0 Å². The summed E-state index contributed by atoms with van der Waals surface area (Å²) in [5, 5.41) is 3.79. The first-order chi connectivity index (χ1) is 9.70. The molecule has 1 fully saturated rings. The van der Waals surface area contributed by atoms with Crippen LogP contribution in [0.25, 0.3) is 0 Å². The lowest BCUT2D eigenvalue weighted by Gasteiger charge is -2.28. The summed E-state index contributed by atoms with van der Waals surface area (Å²) in [6, 6.07) is 7.48. The van der Waals surface area contributed by atoms with E-state index in [4.69, 9.17) is 0 Å². The van der Waals surface area contributed by atoms with Crippen LogP contribution in [0.2, 0.25) is 0 Å². The van der Waals surface area contributed by atoms with E-state index in [1.165, 1.54) is 53.9 Å². The van der Waals surface area contributed by atoms with E-state index in [9.17, 15) is 0 Å². The molecule has 2 heteroatoms. The van der Waals surface area contributed by atoms with Gasteiger partial charge in [0.1, 0.15) is 0 Å². The number of benzene rings is 1. The highest BCUT2D eigenvalue weighted by Gasteiger charge is 2.21. The zero-order chi connectivity index (χ0) is 14.4. The molecular weight excluding hydrogens is 262 g/mol. The predicted octanol–water partition coefficient (Wildman–Crippen LogP) is 4.88. The van der Waals surface area contributed by atoms with Crippen molar-refractivity contribution in [2.75, 3.05) is 18.1 Å². The first kappa shape index (κ1) is 15.9. The lowest BCUT2D eigenvalue weighted by atomic mass is 9.88. The summed E-state index contributed by atoms with van der Waals surface area (Å²) in [5.41, 5.74) is 4.33. The second kappa shape index (κ2) is 8.09. The van der Waals surface area contributed by atoms with Crippen LogP contribution in [0.5, 0.6) is 0 Å². The van der Waals surface area contributed by atoms with Gasteiger partial charge >= 0.3 is 0 Å². The van der Waals surface area contributed by atoms with Gasteiger partial charge in [-0.25, -0.2) is 0 Å². The van der Waals surface area contributed by atoms with E-state index in [0.717, 1.165) is 12.5 Å². The van der Waals surface area contributed by atoms with Gasteiger partial charge in [0.25, 0.3) is 0 Å². The maximum Gasteiger partial charge on any atom is 0.0325 e. The van der Waals surface area contributed by atoms with E-state index in [-0.39, 0.29) is 0 Å². The van der Waals surface area contributed by atoms with Crippen molar-refractivity contribution in [1.82, 2.24) is 5.32 Å². The molecule has 112 valence electrons. The Balaban J connectivity index is 2.08. The van der Waals surface area contributed by atoms with Crippen LogP contribution in [0.3, 0.4) is 0 Å². The number of hydrogen-bond donors (Lipinski definition) is 1. The molecule has 1 nitrogen and oxygen atoms in total. The number of rotatable bonds is 6. The van der Waals surface area contributed by atoms with Crippen LogP contribution >= 0.6 is 11.8 Å². The monoisotopic (exact) mass is 291 g/mol. The van der Waals surface area contributed by atoms with E-state index in [0.29, 0.717) is 6.04 Å². The van der Waals surface area contributed by atoms with Crippen molar-refractivity contribution in [3.05, 3.63) is 34.9 Å². The van der Waals surface area contributed by atoms with E-state index >= 15 is 0 Å². The van der Waals surface area contributed by atoms with Gasteiger partial charge in [0.05, 0.1) is 0 Å². The second-order valence-electron chi connectivity index (χ2n) is 6.16. The SMILES string of the molecule is CCCNC(CC1CCSCC1)c1ccc(C)cc1C. The maximum absolute atomic E-state index is 3.79. The highest BCUT2D eigenvalue weighted by atomic mass is 32.2. The first-order valence-electron chi connectivity index (χ1n) is 8.09. The Morgan fingerprint density at radius 3 is 2.65 bits per heavy atom. The zero-order valence-electron chi connectivity index (χ0n) is 13.2. The molecule has 2 rings (SSSR count). The fourth-order valence-electron chi connectivity index (χ4n) is 3.17. The van der Waals surface area contributed by atoms with Crippen molar-refractivity contribution in [3.8, 4) is 0 Å². The minimum absolute atomic E-state index is 0.545. The summed E-state index contributed by atoms with van der Waals surface area (Å²) >= 11 is 2.12. The Morgan fingerprint density at radius 2 is 2.00 bits per heavy atom. The minimum atomic E-state index is 0.545. The summed E-state index contributed by atoms with van der Waals surface area (Å²) < 4.78 is 0. The zero-order valence-corrected chi connectivity index (χ0v) is 14.1. The molecule has 1 aromatic carbocycles. The van der Waals surface area contributed by atoms with Crippen molar-refractivity contribution in [2.45, 2.75) is 52.5 Å². The van der Waals surface area contributed by atoms with Crippen molar-refractivity contribution in [1.29, 1.82) is 0 Å². The molecule has 0 aliphatic carbocycles. The summed E-state index contributed by atoms with van der Waals surface area (Å²) in [5.74, 6) is 3.63. The highest BCUT2D eigenvalue weighted by Crippen LogP contribution is 2.32. The Morgan fingerprint density at radius 1 is 1.25 bits per heavy atom. The number of aryl methyl sites for hydroxylation is 2. The summed E-state index contributed by atoms with van der Waals surface area (Å²) in [7, 11) is 0. The smallest absolute Gasteiger partial charge is 0.0325 e. The van der Waals surface area contributed by atoms with Crippen LogP contribution in [0, 0.1) is 19.8 Å². The third-order valence-electron chi connectivity index (χ3n) is 4.35. The quantitative estimate of drug-likeness (QED) is 0.802. The lowest BCUT2D eigenvalue weighted by Crippen LogP contribution is -2.26. The van der Waals surface area contributed by atoms with Crippen LogP contribution < -0.4 is 5.32 Å². The number of thioether (sulfide) groups is 1. The largest absolute Gasteiger partial charge is 0.310 e. The molecule has 0 bridgehead atoms. The Bertz CT molecular complexity index is 410. The predicted molar refractivity (Wildman–Crippen MR) is 91.6 cm³/mol. The third-order valence-corrected chi connectivity index (χ3v) is 5.40. The van der Waals surface area contributed by atoms with Gasteiger partial charge in [-0.1, -0.05) is 30.7 Å². The van der Waals surface area contributed by atoms with Crippen LogP contribution in [0.4, 0.5) is 0 Å². The molecule has 1 saturated heterocycles. The van der Waals surface area contributed by atoms with Gasteiger partial charge in [-0.05, 0) is 74.6 Å². The molecule has 1 aliphatic rings. The van der Waals surface area contributed by atoms with Gasteiger partial charge in [0.15, 0.2) is 0 Å². The molecule has 1 N–H and O–H groups in total. The molecule has 1 heterocycles. The lowest BCUT2D eigenvalue weighted by molar-refractivity contribution is 0.369. The van der Waals surface area contributed by atoms with Crippen molar-refractivity contribution in [3.63, 3.8) is 0 Å². The summed E-state index contributed by atoms with van der Waals surface area (Å²) in [6.07, 6.45) is 5.33. The number of nitrogens with one attached hydrogen (secondary N) is 1. The Kier molecular flexibility index (Phi) is 6.44. The topological polar surface area (TPSA) is 12.0 Å². The fourth-order valence-corrected chi connectivity index (χ4v) is 4.37. The fraction of sp³-hybridized carbons (Fsp3) is 0.667. The Labute approximate surface area is 128 Å². The molecular formula is C18H29NS.